The molecule has 5 heteroatoms. The smallest absolute Gasteiger partial charge is 0.264 e. The SMILES string of the molecule is C#Cc1cccc(S(=O)(=O)N2CCOc3ccccc32)c1. The van der Waals surface area contributed by atoms with Crippen molar-refractivity contribution in [2.45, 2.75) is 4.90 Å². The first kappa shape index (κ1) is 13.5. The summed E-state index contributed by atoms with van der Waals surface area (Å²) in [5.41, 5.74) is 1.09. The molecular formula is C16H13NO3S. The molecule has 0 atom stereocenters. The van der Waals surface area contributed by atoms with E-state index in [0.29, 0.717) is 23.6 Å². The Hall–Kier alpha value is -2.45. The number of hydrogen-bond acceptors (Lipinski definition) is 3. The predicted molar refractivity (Wildman–Crippen MR) is 80.8 cm³/mol. The number of terminal acetylenes is 1. The average Bonchev–Trinajstić information content (AvgIpc) is 2.54. The number of para-hydroxylation sites is 2. The molecule has 0 bridgehead atoms. The highest BCUT2D eigenvalue weighted by atomic mass is 32.2. The summed E-state index contributed by atoms with van der Waals surface area (Å²) < 4.78 is 32.5. The van der Waals surface area contributed by atoms with Crippen LogP contribution in [0.25, 0.3) is 0 Å². The van der Waals surface area contributed by atoms with Crippen molar-refractivity contribution in [1.82, 2.24) is 0 Å². The van der Waals surface area contributed by atoms with E-state index in [-0.39, 0.29) is 11.4 Å². The Morgan fingerprint density at radius 2 is 1.95 bits per heavy atom. The molecular weight excluding hydrogens is 286 g/mol. The molecule has 1 aliphatic heterocycles. The van der Waals surface area contributed by atoms with Gasteiger partial charge < -0.3 is 4.74 Å². The molecule has 0 spiro atoms. The van der Waals surface area contributed by atoms with E-state index in [2.05, 4.69) is 5.92 Å². The molecule has 0 saturated heterocycles. The van der Waals surface area contributed by atoms with Crippen molar-refractivity contribution in [2.24, 2.45) is 0 Å². The Morgan fingerprint density at radius 3 is 2.76 bits per heavy atom. The molecule has 0 amide bonds. The van der Waals surface area contributed by atoms with E-state index >= 15 is 0 Å². The molecule has 0 saturated carbocycles. The van der Waals surface area contributed by atoms with E-state index in [9.17, 15) is 8.42 Å². The normalized spacial score (nSPS) is 14.0. The minimum absolute atomic E-state index is 0.189. The highest BCUT2D eigenvalue weighted by Gasteiger charge is 2.29. The zero-order valence-corrected chi connectivity index (χ0v) is 12.0. The number of sulfonamides is 1. The number of fused-ring (bicyclic) bond motifs is 1. The molecule has 0 N–H and O–H groups in total. The van der Waals surface area contributed by atoms with Gasteiger partial charge in [-0.1, -0.05) is 24.1 Å². The van der Waals surface area contributed by atoms with Gasteiger partial charge in [0.05, 0.1) is 17.1 Å². The van der Waals surface area contributed by atoms with Crippen LogP contribution in [0.5, 0.6) is 5.75 Å². The highest BCUT2D eigenvalue weighted by molar-refractivity contribution is 7.92. The van der Waals surface area contributed by atoms with Crippen molar-refractivity contribution < 1.29 is 13.2 Å². The molecule has 0 aliphatic carbocycles. The molecule has 106 valence electrons. The number of hydrogen-bond donors (Lipinski definition) is 0. The summed E-state index contributed by atoms with van der Waals surface area (Å²) >= 11 is 0. The van der Waals surface area contributed by atoms with Gasteiger partial charge in [0, 0.05) is 5.56 Å². The molecule has 0 aromatic heterocycles. The number of benzene rings is 2. The van der Waals surface area contributed by atoms with Crippen LogP contribution in [0.1, 0.15) is 5.56 Å². The first-order valence-corrected chi connectivity index (χ1v) is 7.88. The average molecular weight is 299 g/mol. The number of nitrogens with zero attached hydrogens (tertiary/aromatic N) is 1. The molecule has 1 aliphatic rings. The fourth-order valence-electron chi connectivity index (χ4n) is 2.27. The van der Waals surface area contributed by atoms with Gasteiger partial charge in [-0.2, -0.15) is 0 Å². The molecule has 0 radical (unpaired) electrons. The largest absolute Gasteiger partial charge is 0.489 e. The molecule has 1 heterocycles. The monoisotopic (exact) mass is 299 g/mol. The van der Waals surface area contributed by atoms with Gasteiger partial charge in [0.1, 0.15) is 12.4 Å². The summed E-state index contributed by atoms with van der Waals surface area (Å²) in [6, 6.07) is 13.5. The number of rotatable bonds is 2. The van der Waals surface area contributed by atoms with Gasteiger partial charge in [-0.25, -0.2) is 8.42 Å². The van der Waals surface area contributed by atoms with E-state index in [1.807, 2.05) is 6.07 Å². The lowest BCUT2D eigenvalue weighted by Gasteiger charge is -2.30. The van der Waals surface area contributed by atoms with Gasteiger partial charge in [-0.3, -0.25) is 4.31 Å². The summed E-state index contributed by atoms with van der Waals surface area (Å²) in [4.78, 5) is 0.189. The van der Waals surface area contributed by atoms with Crippen LogP contribution in [-0.2, 0) is 10.0 Å². The Labute approximate surface area is 124 Å². The Morgan fingerprint density at radius 1 is 1.14 bits per heavy atom. The molecule has 3 rings (SSSR count). The first-order valence-electron chi connectivity index (χ1n) is 6.44. The van der Waals surface area contributed by atoms with Crippen molar-refractivity contribution in [3.8, 4) is 18.1 Å². The van der Waals surface area contributed by atoms with E-state index in [1.54, 1.807) is 36.4 Å². The summed E-state index contributed by atoms with van der Waals surface area (Å²) in [5, 5.41) is 0. The van der Waals surface area contributed by atoms with Gasteiger partial charge in [0.2, 0.25) is 0 Å². The lowest BCUT2D eigenvalue weighted by atomic mass is 10.2. The first-order chi connectivity index (χ1) is 10.1. The molecule has 2 aromatic rings. The summed E-state index contributed by atoms with van der Waals surface area (Å²) in [5.74, 6) is 3.02. The van der Waals surface area contributed by atoms with Crippen molar-refractivity contribution in [1.29, 1.82) is 0 Å². The van der Waals surface area contributed by atoms with Crippen LogP contribution in [-0.4, -0.2) is 21.6 Å². The highest BCUT2D eigenvalue weighted by Crippen LogP contribution is 2.34. The minimum Gasteiger partial charge on any atom is -0.489 e. The van der Waals surface area contributed by atoms with Crippen LogP contribution in [0.2, 0.25) is 0 Å². The molecule has 21 heavy (non-hydrogen) atoms. The van der Waals surface area contributed by atoms with Gasteiger partial charge in [-0.05, 0) is 30.3 Å². The maximum atomic E-state index is 12.8. The van der Waals surface area contributed by atoms with Gasteiger partial charge >= 0.3 is 0 Å². The fraction of sp³-hybridized carbons (Fsp3) is 0.125. The topological polar surface area (TPSA) is 46.6 Å². The Bertz CT molecular complexity index is 821. The van der Waals surface area contributed by atoms with E-state index in [0.717, 1.165) is 0 Å². The molecule has 0 unspecified atom stereocenters. The predicted octanol–water partition coefficient (Wildman–Crippen LogP) is 2.26. The van der Waals surface area contributed by atoms with Crippen molar-refractivity contribution in [3.05, 3.63) is 54.1 Å². The van der Waals surface area contributed by atoms with Crippen LogP contribution in [0.15, 0.2) is 53.4 Å². The lowest BCUT2D eigenvalue weighted by molar-refractivity contribution is 0.316. The van der Waals surface area contributed by atoms with Crippen LogP contribution < -0.4 is 9.04 Å². The lowest BCUT2D eigenvalue weighted by Crippen LogP contribution is -2.37. The maximum Gasteiger partial charge on any atom is 0.264 e. The van der Waals surface area contributed by atoms with Crippen molar-refractivity contribution >= 4 is 15.7 Å². The third-order valence-electron chi connectivity index (χ3n) is 3.27. The zero-order valence-electron chi connectivity index (χ0n) is 11.2. The number of ether oxygens (including phenoxy) is 1. The third-order valence-corrected chi connectivity index (χ3v) is 5.08. The fourth-order valence-corrected chi connectivity index (χ4v) is 3.77. The van der Waals surface area contributed by atoms with Gasteiger partial charge in [0.15, 0.2) is 0 Å². The second-order valence-corrected chi connectivity index (χ2v) is 6.43. The second-order valence-electron chi connectivity index (χ2n) is 4.57. The molecule has 2 aromatic carbocycles. The standard InChI is InChI=1S/C16H13NO3S/c1-2-13-6-5-7-14(12-13)21(18,19)17-10-11-20-16-9-4-3-8-15(16)17/h1,3-9,12H,10-11H2. The zero-order chi connectivity index (χ0) is 14.9. The summed E-state index contributed by atoms with van der Waals surface area (Å²) in [6.07, 6.45) is 5.34. The summed E-state index contributed by atoms with van der Waals surface area (Å²) in [6.45, 7) is 0.602. The summed E-state index contributed by atoms with van der Waals surface area (Å²) in [7, 11) is -3.65. The second kappa shape index (κ2) is 5.15. The quantitative estimate of drug-likeness (QED) is 0.799. The van der Waals surface area contributed by atoms with Crippen LogP contribution in [0.3, 0.4) is 0 Å². The Balaban J connectivity index is 2.10. The van der Waals surface area contributed by atoms with Gasteiger partial charge in [0.25, 0.3) is 10.0 Å². The molecule has 0 fully saturated rings. The van der Waals surface area contributed by atoms with E-state index in [1.165, 1.54) is 10.4 Å². The van der Waals surface area contributed by atoms with Crippen LogP contribution in [0.4, 0.5) is 5.69 Å². The van der Waals surface area contributed by atoms with E-state index < -0.39 is 10.0 Å². The maximum absolute atomic E-state index is 12.8. The third kappa shape index (κ3) is 2.34. The van der Waals surface area contributed by atoms with Crippen LogP contribution in [0, 0.1) is 12.3 Å². The van der Waals surface area contributed by atoms with Crippen LogP contribution >= 0.6 is 0 Å². The Kier molecular flexibility index (Phi) is 3.32. The van der Waals surface area contributed by atoms with Gasteiger partial charge in [-0.15, -0.1) is 6.42 Å². The van der Waals surface area contributed by atoms with Crippen molar-refractivity contribution in [3.63, 3.8) is 0 Å². The number of anilines is 1. The van der Waals surface area contributed by atoms with Crippen molar-refractivity contribution in [2.75, 3.05) is 17.5 Å². The molecule has 4 nitrogen and oxygen atoms in total. The van der Waals surface area contributed by atoms with E-state index in [4.69, 9.17) is 11.2 Å². The minimum atomic E-state index is -3.65.